The Hall–Kier alpha value is -1.20. The zero-order chi connectivity index (χ0) is 20.4. The summed E-state index contributed by atoms with van der Waals surface area (Å²) < 4.78 is 34.7. The maximum atomic E-state index is 12.4. The van der Waals surface area contributed by atoms with Crippen molar-refractivity contribution in [3.8, 4) is 5.75 Å². The van der Waals surface area contributed by atoms with E-state index in [-0.39, 0.29) is 29.7 Å². The van der Waals surface area contributed by atoms with Crippen LogP contribution in [0.2, 0.25) is 0 Å². The molecule has 1 aromatic rings. The predicted octanol–water partition coefficient (Wildman–Crippen LogP) is 3.32. The number of hydrogen-bond acceptors (Lipinski definition) is 4. The molecule has 166 valence electrons. The minimum absolute atomic E-state index is 0. The molecule has 1 heterocycles. The highest BCUT2D eigenvalue weighted by Gasteiger charge is 2.23. The Bertz CT molecular complexity index is 614. The van der Waals surface area contributed by atoms with Gasteiger partial charge in [-0.2, -0.15) is 8.78 Å². The number of halogens is 3. The molecule has 0 spiro atoms. The van der Waals surface area contributed by atoms with Crippen molar-refractivity contribution in [2.45, 2.75) is 40.0 Å². The van der Waals surface area contributed by atoms with Gasteiger partial charge in [0.15, 0.2) is 5.96 Å². The summed E-state index contributed by atoms with van der Waals surface area (Å²) in [4.78, 5) is 7.04. The van der Waals surface area contributed by atoms with Gasteiger partial charge in [0.1, 0.15) is 5.75 Å². The third kappa shape index (κ3) is 9.43. The van der Waals surface area contributed by atoms with Gasteiger partial charge < -0.3 is 20.1 Å². The highest BCUT2D eigenvalue weighted by molar-refractivity contribution is 14.0. The lowest BCUT2D eigenvalue weighted by Gasteiger charge is -2.37. The van der Waals surface area contributed by atoms with Gasteiger partial charge in [-0.05, 0) is 30.5 Å². The lowest BCUT2D eigenvalue weighted by Crippen LogP contribution is -2.52. The zero-order valence-electron chi connectivity index (χ0n) is 17.4. The molecule has 0 aromatic heterocycles. The number of aliphatic imine (C=N–C) groups is 1. The van der Waals surface area contributed by atoms with Crippen molar-refractivity contribution in [1.82, 2.24) is 15.5 Å². The third-order valence-corrected chi connectivity index (χ3v) is 4.65. The number of nitrogens with zero attached hydrogens (tertiary/aromatic N) is 2. The van der Waals surface area contributed by atoms with E-state index in [2.05, 4.69) is 39.1 Å². The van der Waals surface area contributed by atoms with E-state index < -0.39 is 6.61 Å². The van der Waals surface area contributed by atoms with Crippen molar-refractivity contribution in [3.63, 3.8) is 0 Å². The summed E-state index contributed by atoms with van der Waals surface area (Å²) in [5.74, 6) is 1.35. The largest absolute Gasteiger partial charge is 0.435 e. The van der Waals surface area contributed by atoms with Gasteiger partial charge in [0.25, 0.3) is 0 Å². The molecule has 9 heteroatoms. The molecule has 1 aliphatic heterocycles. The lowest BCUT2D eigenvalue weighted by atomic mass is 10.0. The topological polar surface area (TPSA) is 58.1 Å². The Kier molecular flexibility index (Phi) is 12.4. The highest BCUT2D eigenvalue weighted by Crippen LogP contribution is 2.16. The third-order valence-electron chi connectivity index (χ3n) is 4.65. The van der Waals surface area contributed by atoms with Crippen molar-refractivity contribution in [3.05, 3.63) is 29.8 Å². The number of alkyl halides is 2. The normalized spacial score (nSPS) is 16.4. The summed E-state index contributed by atoms with van der Waals surface area (Å²) in [6.45, 7) is 8.94. The number of hydrogen-bond donors (Lipinski definition) is 2. The van der Waals surface area contributed by atoms with E-state index in [1.807, 2.05) is 13.0 Å². The fraction of sp³-hybridized carbons (Fsp3) is 0.650. The molecule has 2 N–H and O–H groups in total. The van der Waals surface area contributed by atoms with Gasteiger partial charge in [-0.3, -0.25) is 4.90 Å². The second-order valence-corrected chi connectivity index (χ2v) is 7.06. The first-order valence-corrected chi connectivity index (χ1v) is 9.87. The fourth-order valence-corrected chi connectivity index (χ4v) is 3.23. The van der Waals surface area contributed by atoms with E-state index in [9.17, 15) is 8.78 Å². The molecule has 6 nitrogen and oxygen atoms in total. The second-order valence-electron chi connectivity index (χ2n) is 7.06. The first kappa shape index (κ1) is 25.8. The predicted molar refractivity (Wildman–Crippen MR) is 122 cm³/mol. The standard InChI is InChI=1S/C20H32F2N4O2.HI/c1-4-23-20(24-13-16-6-5-7-17(12-16)28-19(21)22)25-14-18(15(2)3)26-8-10-27-11-9-26;/h5-7,12,15,18-19H,4,8-11,13-14H2,1-3H3,(H2,23,24,25);1H. The van der Waals surface area contributed by atoms with Crippen LogP contribution in [-0.4, -0.2) is 62.9 Å². The summed E-state index contributed by atoms with van der Waals surface area (Å²) >= 11 is 0. The zero-order valence-corrected chi connectivity index (χ0v) is 19.7. The molecule has 0 radical (unpaired) electrons. The highest BCUT2D eigenvalue weighted by atomic mass is 127. The van der Waals surface area contributed by atoms with Crippen molar-refractivity contribution in [2.24, 2.45) is 10.9 Å². The summed E-state index contributed by atoms with van der Waals surface area (Å²) in [5.41, 5.74) is 0.809. The molecular weight excluding hydrogens is 493 g/mol. The summed E-state index contributed by atoms with van der Waals surface area (Å²) in [6, 6.07) is 7.02. The van der Waals surface area contributed by atoms with Crippen LogP contribution >= 0.6 is 24.0 Å². The molecule has 0 saturated carbocycles. The van der Waals surface area contributed by atoms with E-state index in [4.69, 9.17) is 4.74 Å². The summed E-state index contributed by atoms with van der Waals surface area (Å²) in [6.07, 6.45) is 0. The maximum absolute atomic E-state index is 12.4. The van der Waals surface area contributed by atoms with Crippen LogP contribution in [0.1, 0.15) is 26.3 Å². The maximum Gasteiger partial charge on any atom is 0.387 e. The van der Waals surface area contributed by atoms with E-state index in [1.165, 1.54) is 6.07 Å². The number of benzene rings is 1. The summed E-state index contributed by atoms with van der Waals surface area (Å²) in [5, 5.41) is 6.66. The monoisotopic (exact) mass is 526 g/mol. The van der Waals surface area contributed by atoms with Crippen LogP contribution in [0.25, 0.3) is 0 Å². The molecular formula is C20H33F2IN4O2. The number of ether oxygens (including phenoxy) is 2. The van der Waals surface area contributed by atoms with E-state index in [0.717, 1.165) is 45.0 Å². The number of guanidine groups is 1. The van der Waals surface area contributed by atoms with Crippen molar-refractivity contribution in [1.29, 1.82) is 0 Å². The van der Waals surface area contributed by atoms with E-state index >= 15 is 0 Å². The van der Waals surface area contributed by atoms with Crippen LogP contribution in [-0.2, 0) is 11.3 Å². The molecule has 1 fully saturated rings. The van der Waals surface area contributed by atoms with Gasteiger partial charge in [-0.25, -0.2) is 4.99 Å². The molecule has 29 heavy (non-hydrogen) atoms. The molecule has 0 aliphatic carbocycles. The van der Waals surface area contributed by atoms with Gasteiger partial charge in [-0.15, -0.1) is 24.0 Å². The molecule has 1 aromatic carbocycles. The Balaban J connectivity index is 0.00000420. The van der Waals surface area contributed by atoms with Gasteiger partial charge in [0, 0.05) is 32.2 Å². The fourth-order valence-electron chi connectivity index (χ4n) is 3.23. The van der Waals surface area contributed by atoms with Gasteiger partial charge >= 0.3 is 6.61 Å². The number of nitrogens with one attached hydrogen (secondary N) is 2. The second kappa shape index (κ2) is 13.9. The Morgan fingerprint density at radius 1 is 1.24 bits per heavy atom. The van der Waals surface area contributed by atoms with E-state index in [0.29, 0.717) is 24.5 Å². The first-order chi connectivity index (χ1) is 13.5. The Morgan fingerprint density at radius 3 is 2.59 bits per heavy atom. The van der Waals surface area contributed by atoms with Gasteiger partial charge in [0.2, 0.25) is 0 Å². The average molecular weight is 526 g/mol. The summed E-state index contributed by atoms with van der Waals surface area (Å²) in [7, 11) is 0. The van der Waals surface area contributed by atoms with Crippen LogP contribution < -0.4 is 15.4 Å². The molecule has 1 unspecified atom stereocenters. The molecule has 1 saturated heterocycles. The minimum atomic E-state index is -2.83. The lowest BCUT2D eigenvalue weighted by molar-refractivity contribution is -0.0498. The SMILES string of the molecule is CCNC(=NCc1cccc(OC(F)F)c1)NCC(C(C)C)N1CCOCC1.I. The van der Waals surface area contributed by atoms with Crippen LogP contribution in [0.3, 0.4) is 0 Å². The van der Waals surface area contributed by atoms with Crippen LogP contribution in [0.15, 0.2) is 29.3 Å². The molecule has 0 bridgehead atoms. The van der Waals surface area contributed by atoms with Crippen molar-refractivity contribution < 1.29 is 18.3 Å². The first-order valence-electron chi connectivity index (χ1n) is 9.87. The van der Waals surface area contributed by atoms with Gasteiger partial charge in [-0.1, -0.05) is 26.0 Å². The minimum Gasteiger partial charge on any atom is -0.435 e. The number of rotatable bonds is 9. The average Bonchev–Trinajstić information content (AvgIpc) is 2.66. The Labute approximate surface area is 189 Å². The van der Waals surface area contributed by atoms with Crippen LogP contribution in [0.4, 0.5) is 8.78 Å². The molecule has 0 amide bonds. The van der Waals surface area contributed by atoms with Crippen molar-refractivity contribution >= 4 is 29.9 Å². The molecule has 2 rings (SSSR count). The van der Waals surface area contributed by atoms with Crippen LogP contribution in [0, 0.1) is 5.92 Å². The Morgan fingerprint density at radius 2 is 1.97 bits per heavy atom. The van der Waals surface area contributed by atoms with Crippen molar-refractivity contribution in [2.75, 3.05) is 39.4 Å². The molecule has 1 atom stereocenters. The van der Waals surface area contributed by atoms with Gasteiger partial charge in [0.05, 0.1) is 19.8 Å². The van der Waals surface area contributed by atoms with Crippen LogP contribution in [0.5, 0.6) is 5.75 Å². The quantitative estimate of drug-likeness (QED) is 0.294. The smallest absolute Gasteiger partial charge is 0.387 e. The number of morpholine rings is 1. The van der Waals surface area contributed by atoms with E-state index in [1.54, 1.807) is 12.1 Å². The molecule has 1 aliphatic rings.